The van der Waals surface area contributed by atoms with Gasteiger partial charge in [-0.2, -0.15) is 5.10 Å². The van der Waals surface area contributed by atoms with Gasteiger partial charge in [0.05, 0.1) is 37.8 Å². The van der Waals surface area contributed by atoms with E-state index in [4.69, 9.17) is 4.74 Å². The molecule has 1 amide bonds. The molecule has 0 fully saturated rings. The lowest BCUT2D eigenvalue weighted by Gasteiger charge is -2.09. The van der Waals surface area contributed by atoms with Crippen molar-refractivity contribution >= 4 is 11.6 Å². The topological polar surface area (TPSA) is 94.8 Å². The lowest BCUT2D eigenvalue weighted by molar-refractivity contribution is -0.115. The third kappa shape index (κ3) is 5.12. The van der Waals surface area contributed by atoms with Crippen LogP contribution in [0.2, 0.25) is 0 Å². The minimum Gasteiger partial charge on any atom is -0.495 e. The van der Waals surface area contributed by atoms with Gasteiger partial charge in [-0.25, -0.2) is 14.4 Å². The first kappa shape index (κ1) is 21.1. The number of amides is 1. The molecule has 4 rings (SSSR count). The van der Waals surface area contributed by atoms with E-state index in [0.29, 0.717) is 34.8 Å². The highest BCUT2D eigenvalue weighted by Crippen LogP contribution is 2.22. The van der Waals surface area contributed by atoms with Crippen LogP contribution >= 0.6 is 0 Å². The first-order valence-electron chi connectivity index (χ1n) is 9.86. The maximum absolute atomic E-state index is 14.7. The summed E-state index contributed by atoms with van der Waals surface area (Å²) in [6, 6.07) is 6.37. The van der Waals surface area contributed by atoms with Crippen LogP contribution in [0.25, 0.3) is 11.1 Å². The molecule has 0 atom stereocenters. The van der Waals surface area contributed by atoms with Crippen molar-refractivity contribution in [1.82, 2.24) is 24.7 Å². The number of rotatable bonds is 7. The number of nitrogens with one attached hydrogen (secondary N) is 1. The molecule has 0 saturated heterocycles. The Morgan fingerprint density at radius 2 is 1.91 bits per heavy atom. The molecule has 0 saturated carbocycles. The zero-order valence-corrected chi connectivity index (χ0v) is 17.6. The van der Waals surface area contributed by atoms with Gasteiger partial charge in [-0.05, 0) is 22.8 Å². The van der Waals surface area contributed by atoms with Crippen LogP contribution in [-0.2, 0) is 24.7 Å². The Morgan fingerprint density at radius 1 is 1.09 bits per heavy atom. The molecule has 4 aromatic rings. The number of hydrogen-bond acceptors (Lipinski definition) is 6. The summed E-state index contributed by atoms with van der Waals surface area (Å²) in [4.78, 5) is 25.0. The van der Waals surface area contributed by atoms with Crippen LogP contribution in [-0.4, -0.2) is 37.7 Å². The predicted molar refractivity (Wildman–Crippen MR) is 117 cm³/mol. The van der Waals surface area contributed by atoms with Gasteiger partial charge in [0.2, 0.25) is 5.91 Å². The summed E-state index contributed by atoms with van der Waals surface area (Å²) in [5.74, 6) is 0.352. The minimum atomic E-state index is -0.471. The maximum atomic E-state index is 14.7. The van der Waals surface area contributed by atoms with E-state index in [1.165, 1.54) is 25.6 Å². The van der Waals surface area contributed by atoms with Crippen molar-refractivity contribution in [2.24, 2.45) is 7.05 Å². The minimum absolute atomic E-state index is 0.107. The van der Waals surface area contributed by atoms with Gasteiger partial charge in [0.25, 0.3) is 0 Å². The van der Waals surface area contributed by atoms with Gasteiger partial charge in [-0.3, -0.25) is 14.5 Å². The normalized spacial score (nSPS) is 10.7. The van der Waals surface area contributed by atoms with E-state index in [2.05, 4.69) is 25.4 Å². The number of ether oxygens (including phenoxy) is 1. The second-order valence-electron chi connectivity index (χ2n) is 7.23. The summed E-state index contributed by atoms with van der Waals surface area (Å²) in [6.07, 6.45) is 10.5. The van der Waals surface area contributed by atoms with Crippen LogP contribution < -0.4 is 10.1 Å². The van der Waals surface area contributed by atoms with Crippen LogP contribution in [0.4, 0.5) is 10.1 Å². The van der Waals surface area contributed by atoms with Crippen LogP contribution in [0.3, 0.4) is 0 Å². The first-order chi connectivity index (χ1) is 15.5. The molecular weight excluding hydrogens is 411 g/mol. The van der Waals surface area contributed by atoms with E-state index in [-0.39, 0.29) is 17.9 Å². The molecule has 0 aliphatic heterocycles. The predicted octanol–water partition coefficient (Wildman–Crippen LogP) is 3.19. The van der Waals surface area contributed by atoms with Crippen LogP contribution in [0.1, 0.15) is 17.0 Å². The molecule has 0 aliphatic carbocycles. The van der Waals surface area contributed by atoms with E-state index in [9.17, 15) is 9.18 Å². The summed E-state index contributed by atoms with van der Waals surface area (Å²) in [7, 11) is 3.37. The Balaban J connectivity index is 1.41. The first-order valence-corrected chi connectivity index (χ1v) is 9.86. The number of halogens is 1. The zero-order chi connectivity index (χ0) is 22.5. The largest absolute Gasteiger partial charge is 0.495 e. The van der Waals surface area contributed by atoms with E-state index < -0.39 is 5.82 Å². The number of carbonyl (C=O) groups excluding carboxylic acids is 1. The van der Waals surface area contributed by atoms with Crippen molar-refractivity contribution in [3.63, 3.8) is 0 Å². The van der Waals surface area contributed by atoms with Gasteiger partial charge < -0.3 is 10.1 Å². The van der Waals surface area contributed by atoms with Crippen molar-refractivity contribution < 1.29 is 13.9 Å². The second-order valence-corrected chi connectivity index (χ2v) is 7.23. The molecule has 3 aromatic heterocycles. The summed E-state index contributed by atoms with van der Waals surface area (Å²) in [5, 5.41) is 6.82. The van der Waals surface area contributed by atoms with Gasteiger partial charge in [0.15, 0.2) is 0 Å². The molecule has 9 heteroatoms. The summed E-state index contributed by atoms with van der Waals surface area (Å²) in [5.41, 5.74) is 3.11. The quantitative estimate of drug-likeness (QED) is 0.482. The third-order valence-corrected chi connectivity index (χ3v) is 4.80. The van der Waals surface area contributed by atoms with Crippen molar-refractivity contribution in [3.05, 3.63) is 84.2 Å². The van der Waals surface area contributed by atoms with Crippen molar-refractivity contribution in [2.45, 2.75) is 12.8 Å². The maximum Gasteiger partial charge on any atom is 0.228 e. The summed E-state index contributed by atoms with van der Waals surface area (Å²) in [6.45, 7) is 0. The van der Waals surface area contributed by atoms with Crippen molar-refractivity contribution in [1.29, 1.82) is 0 Å². The van der Waals surface area contributed by atoms with Crippen LogP contribution in [0, 0.1) is 5.82 Å². The number of pyridine rings is 1. The monoisotopic (exact) mass is 432 g/mol. The van der Waals surface area contributed by atoms with Gasteiger partial charge >= 0.3 is 0 Å². The smallest absolute Gasteiger partial charge is 0.228 e. The Kier molecular flexibility index (Phi) is 6.16. The number of hydrogen-bond donors (Lipinski definition) is 1. The fourth-order valence-corrected chi connectivity index (χ4v) is 3.19. The van der Waals surface area contributed by atoms with Crippen LogP contribution in [0.15, 0.2) is 61.4 Å². The SMILES string of the molecule is COc1cncc(NC(=O)Cc2ccc(-c3cnc(Cc4cnn(C)c4)nc3)cc2F)c1. The number of aryl methyl sites for hydroxylation is 1. The molecule has 162 valence electrons. The summed E-state index contributed by atoms with van der Waals surface area (Å²) >= 11 is 0. The third-order valence-electron chi connectivity index (χ3n) is 4.80. The number of benzene rings is 1. The fraction of sp³-hybridized carbons (Fsp3) is 0.174. The van der Waals surface area contributed by atoms with Gasteiger partial charge in [0, 0.05) is 43.7 Å². The van der Waals surface area contributed by atoms with E-state index in [1.807, 2.05) is 13.2 Å². The Labute approximate surface area is 184 Å². The molecule has 0 radical (unpaired) electrons. The average Bonchev–Trinajstić information content (AvgIpc) is 3.20. The molecular formula is C23H21FN6O2. The lowest BCUT2D eigenvalue weighted by atomic mass is 10.0. The highest BCUT2D eigenvalue weighted by molar-refractivity contribution is 5.92. The second kappa shape index (κ2) is 9.34. The van der Waals surface area contributed by atoms with Gasteiger partial charge in [-0.1, -0.05) is 12.1 Å². The number of anilines is 1. The average molecular weight is 432 g/mol. The fourth-order valence-electron chi connectivity index (χ4n) is 3.19. The Hall–Kier alpha value is -4.14. The molecule has 0 bridgehead atoms. The van der Waals surface area contributed by atoms with Gasteiger partial charge in [-0.15, -0.1) is 0 Å². The highest BCUT2D eigenvalue weighted by Gasteiger charge is 2.12. The van der Waals surface area contributed by atoms with E-state index >= 15 is 0 Å². The molecule has 1 aromatic carbocycles. The van der Waals surface area contributed by atoms with Gasteiger partial charge in [0.1, 0.15) is 17.4 Å². The van der Waals surface area contributed by atoms with Crippen molar-refractivity contribution in [2.75, 3.05) is 12.4 Å². The van der Waals surface area contributed by atoms with E-state index in [0.717, 1.165) is 5.56 Å². The molecule has 0 unspecified atom stereocenters. The molecule has 0 aliphatic rings. The molecule has 0 spiro atoms. The van der Waals surface area contributed by atoms with Crippen LogP contribution in [0.5, 0.6) is 5.75 Å². The van der Waals surface area contributed by atoms with Crippen molar-refractivity contribution in [3.8, 4) is 16.9 Å². The summed E-state index contributed by atoms with van der Waals surface area (Å²) < 4.78 is 21.5. The molecule has 3 heterocycles. The lowest BCUT2D eigenvalue weighted by Crippen LogP contribution is -2.15. The standard InChI is InChI=1S/C23H21FN6O2/c1-30-14-15(9-28-30)5-22-26-10-18(11-27-22)16-3-4-17(21(24)6-16)7-23(31)29-19-8-20(32-2)13-25-12-19/h3-4,6,8-14H,5,7H2,1-2H3,(H,29,31). The number of carbonyl (C=O) groups is 1. The number of aromatic nitrogens is 5. The Bertz CT molecular complexity index is 1240. The molecule has 32 heavy (non-hydrogen) atoms. The zero-order valence-electron chi connectivity index (χ0n) is 17.6. The van der Waals surface area contributed by atoms with E-state index in [1.54, 1.807) is 41.5 Å². The number of nitrogens with zero attached hydrogens (tertiary/aromatic N) is 5. The number of methoxy groups -OCH3 is 1. The Morgan fingerprint density at radius 3 is 2.59 bits per heavy atom. The molecule has 8 nitrogen and oxygen atoms in total. The highest BCUT2D eigenvalue weighted by atomic mass is 19.1. The molecule has 1 N–H and O–H groups in total.